The first-order chi connectivity index (χ1) is 8.06. The van der Waals surface area contributed by atoms with E-state index in [1.54, 1.807) is 11.4 Å². The fraction of sp³-hybridized carbons (Fsp3) is 0.636. The molecule has 1 aromatic heterocycles. The minimum atomic E-state index is -3.30. The summed E-state index contributed by atoms with van der Waals surface area (Å²) in [5, 5.41) is 4.72. The van der Waals surface area contributed by atoms with Crippen LogP contribution in [0.3, 0.4) is 0 Å². The zero-order valence-electron chi connectivity index (χ0n) is 10.1. The van der Waals surface area contributed by atoms with Crippen molar-refractivity contribution < 1.29 is 8.42 Å². The Morgan fingerprint density at radius 2 is 2.29 bits per heavy atom. The van der Waals surface area contributed by atoms with Crippen LogP contribution < -0.4 is 10.0 Å². The molecule has 0 saturated heterocycles. The molecule has 2 N–H and O–H groups in total. The molecule has 2 rings (SSSR count). The quantitative estimate of drug-likeness (QED) is 0.827. The molecule has 0 aromatic carbocycles. The molecule has 1 saturated carbocycles. The molecular formula is C11H18N2O2S2. The summed E-state index contributed by atoms with van der Waals surface area (Å²) >= 11 is 1.47. The number of hydrogen-bond acceptors (Lipinski definition) is 4. The first-order valence-corrected chi connectivity index (χ1v) is 8.17. The maximum Gasteiger partial charge on any atom is 0.241 e. The molecule has 6 heteroatoms. The van der Waals surface area contributed by atoms with Gasteiger partial charge in [-0.3, -0.25) is 0 Å². The SMILES string of the molecule is CCC1CC1NS(=O)(=O)c1csc(CNC)c1. The molecule has 0 amide bonds. The summed E-state index contributed by atoms with van der Waals surface area (Å²) in [6, 6.07) is 1.89. The van der Waals surface area contributed by atoms with Crippen LogP contribution in [0.2, 0.25) is 0 Å². The van der Waals surface area contributed by atoms with Crippen molar-refractivity contribution in [2.24, 2.45) is 5.92 Å². The monoisotopic (exact) mass is 274 g/mol. The Labute approximate surface area is 106 Å². The molecule has 1 fully saturated rings. The van der Waals surface area contributed by atoms with Gasteiger partial charge in [0, 0.05) is 22.8 Å². The summed E-state index contributed by atoms with van der Waals surface area (Å²) in [6.45, 7) is 2.80. The van der Waals surface area contributed by atoms with Gasteiger partial charge in [-0.25, -0.2) is 13.1 Å². The van der Waals surface area contributed by atoms with Crippen LogP contribution in [0.1, 0.15) is 24.6 Å². The number of nitrogens with one attached hydrogen (secondary N) is 2. The van der Waals surface area contributed by atoms with Gasteiger partial charge in [0.1, 0.15) is 0 Å². The van der Waals surface area contributed by atoms with E-state index in [0.29, 0.717) is 17.4 Å². The van der Waals surface area contributed by atoms with Gasteiger partial charge < -0.3 is 5.32 Å². The fourth-order valence-electron chi connectivity index (χ4n) is 1.88. The Hall–Kier alpha value is -0.430. The molecule has 2 unspecified atom stereocenters. The summed E-state index contributed by atoms with van der Waals surface area (Å²) in [5.41, 5.74) is 0. The maximum atomic E-state index is 12.0. The lowest BCUT2D eigenvalue weighted by Crippen LogP contribution is -2.26. The third-order valence-electron chi connectivity index (χ3n) is 3.04. The predicted octanol–water partition coefficient (Wildman–Crippen LogP) is 1.54. The smallest absolute Gasteiger partial charge is 0.241 e. The van der Waals surface area contributed by atoms with Crippen LogP contribution in [0, 0.1) is 5.92 Å². The standard InChI is InChI=1S/C11H18N2O2S2/c1-3-8-4-11(8)13-17(14,15)10-5-9(6-12-2)16-7-10/h5,7-8,11-13H,3-4,6H2,1-2H3. The van der Waals surface area contributed by atoms with Crippen LogP contribution in [-0.2, 0) is 16.6 Å². The largest absolute Gasteiger partial charge is 0.315 e. The second-order valence-electron chi connectivity index (χ2n) is 4.41. The highest BCUT2D eigenvalue weighted by molar-refractivity contribution is 7.89. The van der Waals surface area contributed by atoms with Gasteiger partial charge in [-0.2, -0.15) is 0 Å². The van der Waals surface area contributed by atoms with E-state index < -0.39 is 10.0 Å². The Kier molecular flexibility index (Phi) is 3.87. The molecule has 4 nitrogen and oxygen atoms in total. The van der Waals surface area contributed by atoms with Gasteiger partial charge in [-0.05, 0) is 25.5 Å². The van der Waals surface area contributed by atoms with E-state index in [1.807, 2.05) is 7.05 Å². The van der Waals surface area contributed by atoms with Crippen LogP contribution in [0.15, 0.2) is 16.3 Å². The second kappa shape index (κ2) is 5.06. The minimum absolute atomic E-state index is 0.151. The van der Waals surface area contributed by atoms with Gasteiger partial charge in [0.2, 0.25) is 10.0 Å². The lowest BCUT2D eigenvalue weighted by molar-refractivity contribution is 0.576. The van der Waals surface area contributed by atoms with Crippen molar-refractivity contribution >= 4 is 21.4 Å². The van der Waals surface area contributed by atoms with Crippen molar-refractivity contribution in [3.05, 3.63) is 16.3 Å². The second-order valence-corrected chi connectivity index (χ2v) is 7.12. The average molecular weight is 274 g/mol. The van der Waals surface area contributed by atoms with E-state index in [1.165, 1.54) is 11.3 Å². The van der Waals surface area contributed by atoms with Crippen molar-refractivity contribution in [2.75, 3.05) is 7.05 Å². The number of sulfonamides is 1. The van der Waals surface area contributed by atoms with Gasteiger partial charge in [0.15, 0.2) is 0 Å². The van der Waals surface area contributed by atoms with Crippen molar-refractivity contribution in [2.45, 2.75) is 37.2 Å². The summed E-state index contributed by atoms with van der Waals surface area (Å²) in [4.78, 5) is 1.44. The van der Waals surface area contributed by atoms with E-state index in [0.717, 1.165) is 17.7 Å². The molecule has 1 aliphatic carbocycles. The normalized spacial score (nSPS) is 23.9. The van der Waals surface area contributed by atoms with Gasteiger partial charge >= 0.3 is 0 Å². The zero-order valence-corrected chi connectivity index (χ0v) is 11.7. The zero-order chi connectivity index (χ0) is 12.5. The van der Waals surface area contributed by atoms with E-state index in [9.17, 15) is 8.42 Å². The number of thiophene rings is 1. The van der Waals surface area contributed by atoms with Gasteiger partial charge in [0.25, 0.3) is 0 Å². The van der Waals surface area contributed by atoms with Crippen LogP contribution in [0.25, 0.3) is 0 Å². The van der Waals surface area contributed by atoms with Crippen LogP contribution in [-0.4, -0.2) is 21.5 Å². The third-order valence-corrected chi connectivity index (χ3v) is 5.60. The molecule has 0 spiro atoms. The maximum absolute atomic E-state index is 12.0. The Morgan fingerprint density at radius 3 is 2.88 bits per heavy atom. The van der Waals surface area contributed by atoms with Gasteiger partial charge in [-0.15, -0.1) is 11.3 Å². The molecule has 0 aliphatic heterocycles. The molecule has 1 heterocycles. The molecule has 1 aliphatic rings. The summed E-state index contributed by atoms with van der Waals surface area (Å²) in [7, 11) is -1.46. The lowest BCUT2D eigenvalue weighted by atomic mass is 10.3. The Balaban J connectivity index is 2.04. The minimum Gasteiger partial charge on any atom is -0.315 e. The highest BCUT2D eigenvalue weighted by Crippen LogP contribution is 2.34. The molecular weight excluding hydrogens is 256 g/mol. The summed E-state index contributed by atoms with van der Waals surface area (Å²) in [6.07, 6.45) is 2.02. The van der Waals surface area contributed by atoms with Crippen molar-refractivity contribution in [3.63, 3.8) is 0 Å². The molecule has 1 aromatic rings. The van der Waals surface area contributed by atoms with E-state index in [2.05, 4.69) is 17.0 Å². The molecule has 96 valence electrons. The highest BCUT2D eigenvalue weighted by Gasteiger charge is 2.38. The van der Waals surface area contributed by atoms with E-state index in [-0.39, 0.29) is 6.04 Å². The van der Waals surface area contributed by atoms with E-state index >= 15 is 0 Å². The first-order valence-electron chi connectivity index (χ1n) is 5.81. The molecule has 0 radical (unpaired) electrons. The number of rotatable bonds is 6. The van der Waals surface area contributed by atoms with Crippen molar-refractivity contribution in [1.29, 1.82) is 0 Å². The molecule has 17 heavy (non-hydrogen) atoms. The van der Waals surface area contributed by atoms with E-state index in [4.69, 9.17) is 0 Å². The van der Waals surface area contributed by atoms with Gasteiger partial charge in [0.05, 0.1) is 4.90 Å². The van der Waals surface area contributed by atoms with Crippen LogP contribution in [0.5, 0.6) is 0 Å². The summed E-state index contributed by atoms with van der Waals surface area (Å²) < 4.78 is 26.8. The van der Waals surface area contributed by atoms with Crippen molar-refractivity contribution in [3.8, 4) is 0 Å². The van der Waals surface area contributed by atoms with Crippen LogP contribution >= 0.6 is 11.3 Å². The van der Waals surface area contributed by atoms with Crippen LogP contribution in [0.4, 0.5) is 0 Å². The topological polar surface area (TPSA) is 58.2 Å². The molecule has 2 atom stereocenters. The fourth-order valence-corrected chi connectivity index (χ4v) is 4.48. The van der Waals surface area contributed by atoms with Crippen molar-refractivity contribution in [1.82, 2.24) is 10.0 Å². The lowest BCUT2D eigenvalue weighted by Gasteiger charge is -2.03. The number of hydrogen-bond donors (Lipinski definition) is 2. The Morgan fingerprint density at radius 1 is 1.53 bits per heavy atom. The predicted molar refractivity (Wildman–Crippen MR) is 69.6 cm³/mol. The third kappa shape index (κ3) is 3.07. The Bertz CT molecular complexity index is 481. The molecule has 0 bridgehead atoms. The average Bonchev–Trinajstić information content (AvgIpc) is 2.82. The van der Waals surface area contributed by atoms with Gasteiger partial charge in [-0.1, -0.05) is 13.3 Å². The first kappa shape index (κ1) is 13.0. The summed E-state index contributed by atoms with van der Waals surface area (Å²) in [5.74, 6) is 0.528. The highest BCUT2D eigenvalue weighted by atomic mass is 32.2.